The van der Waals surface area contributed by atoms with E-state index in [-0.39, 0.29) is 23.4 Å². The zero-order valence-corrected chi connectivity index (χ0v) is 15.6. The summed E-state index contributed by atoms with van der Waals surface area (Å²) in [5, 5.41) is 2.80. The normalized spacial score (nSPS) is 34.5. The van der Waals surface area contributed by atoms with Crippen LogP contribution in [0.1, 0.15) is 34.6 Å². The maximum absolute atomic E-state index is 10.8. The molecule has 0 radical (unpaired) electrons. The number of carbonyl (C=O) groups excluding carboxylic acids is 1. The lowest BCUT2D eigenvalue weighted by molar-refractivity contribution is -0.192. The van der Waals surface area contributed by atoms with Gasteiger partial charge in [0.15, 0.2) is 20.3 Å². The molecule has 0 aromatic heterocycles. The quantitative estimate of drug-likeness (QED) is 0.616. The number of amides is 1. The van der Waals surface area contributed by atoms with Crippen molar-refractivity contribution in [2.24, 2.45) is 0 Å². The Labute approximate surface area is 134 Å². The Morgan fingerprint density at radius 2 is 1.82 bits per heavy atom. The Bertz CT molecular complexity index is 421. The third-order valence-electron chi connectivity index (χ3n) is 4.80. The van der Waals surface area contributed by atoms with Crippen LogP contribution in [0, 0.1) is 0 Å². The average Bonchev–Trinajstić information content (AvgIpc) is 2.81. The van der Waals surface area contributed by atoms with Crippen molar-refractivity contribution in [3.05, 3.63) is 0 Å². The highest BCUT2D eigenvalue weighted by atomic mass is 28.4. The molecule has 22 heavy (non-hydrogen) atoms. The number of fused-ring (bicyclic) bond motifs is 1. The molecule has 6 nitrogen and oxygen atoms in total. The SMILES string of the molecule is CC1(C)O[C@@H]2[C@H](O1)[C@@H](CO[Si](C)(C)C(C)(C)C)O[C@H]2NC=O. The van der Waals surface area contributed by atoms with Gasteiger partial charge in [-0.25, -0.2) is 0 Å². The zero-order valence-electron chi connectivity index (χ0n) is 14.6. The molecule has 2 aliphatic rings. The number of hydrogen-bond acceptors (Lipinski definition) is 5. The van der Waals surface area contributed by atoms with Crippen LogP contribution in [0.2, 0.25) is 18.1 Å². The van der Waals surface area contributed by atoms with Gasteiger partial charge in [-0.15, -0.1) is 0 Å². The lowest BCUT2D eigenvalue weighted by atomic mass is 10.1. The minimum absolute atomic E-state index is 0.137. The molecule has 2 rings (SSSR count). The van der Waals surface area contributed by atoms with Crippen LogP contribution in [0.4, 0.5) is 0 Å². The van der Waals surface area contributed by atoms with Crippen molar-refractivity contribution in [2.45, 2.75) is 83.1 Å². The molecule has 0 aromatic carbocycles. The Morgan fingerprint density at radius 1 is 1.23 bits per heavy atom. The maximum atomic E-state index is 10.8. The molecule has 2 fully saturated rings. The smallest absolute Gasteiger partial charge is 0.209 e. The molecule has 1 amide bonds. The van der Waals surface area contributed by atoms with Crippen LogP contribution in [0.15, 0.2) is 0 Å². The van der Waals surface area contributed by atoms with E-state index in [9.17, 15) is 4.79 Å². The summed E-state index contributed by atoms with van der Waals surface area (Å²) in [5.74, 6) is -0.669. The highest BCUT2D eigenvalue weighted by Gasteiger charge is 2.55. The van der Waals surface area contributed by atoms with E-state index in [0.717, 1.165) is 0 Å². The minimum Gasteiger partial charge on any atom is -0.414 e. The first-order valence-electron chi connectivity index (χ1n) is 7.82. The van der Waals surface area contributed by atoms with Gasteiger partial charge in [0, 0.05) is 0 Å². The van der Waals surface area contributed by atoms with Crippen LogP contribution in [-0.2, 0) is 23.4 Å². The first-order valence-corrected chi connectivity index (χ1v) is 10.7. The zero-order chi connectivity index (χ0) is 16.8. The summed E-state index contributed by atoms with van der Waals surface area (Å²) in [6, 6.07) is 0. The fourth-order valence-electron chi connectivity index (χ4n) is 2.52. The minimum atomic E-state index is -1.86. The first kappa shape index (κ1) is 17.9. The topological polar surface area (TPSA) is 66.0 Å². The third-order valence-corrected chi connectivity index (χ3v) is 9.30. The van der Waals surface area contributed by atoms with Crippen molar-refractivity contribution in [1.82, 2.24) is 5.32 Å². The molecule has 0 bridgehead atoms. The van der Waals surface area contributed by atoms with E-state index < -0.39 is 20.3 Å². The molecular formula is C15H29NO5Si. The fourth-order valence-corrected chi connectivity index (χ4v) is 3.54. The second-order valence-corrected chi connectivity index (χ2v) is 12.8. The molecule has 4 atom stereocenters. The van der Waals surface area contributed by atoms with Gasteiger partial charge in [0.05, 0.1) is 6.61 Å². The summed E-state index contributed by atoms with van der Waals surface area (Å²) >= 11 is 0. The van der Waals surface area contributed by atoms with Crippen LogP contribution >= 0.6 is 0 Å². The van der Waals surface area contributed by atoms with Gasteiger partial charge in [-0.05, 0) is 32.0 Å². The molecule has 1 N–H and O–H groups in total. The van der Waals surface area contributed by atoms with Crippen LogP contribution in [0.25, 0.3) is 0 Å². The number of nitrogens with one attached hydrogen (secondary N) is 1. The van der Waals surface area contributed by atoms with Crippen LogP contribution in [-0.4, -0.2) is 51.7 Å². The average molecular weight is 331 g/mol. The van der Waals surface area contributed by atoms with Gasteiger partial charge in [0.1, 0.15) is 18.3 Å². The Kier molecular flexibility index (Phi) is 4.77. The highest BCUT2D eigenvalue weighted by molar-refractivity contribution is 6.74. The molecule has 2 saturated heterocycles. The van der Waals surface area contributed by atoms with Crippen LogP contribution < -0.4 is 5.32 Å². The van der Waals surface area contributed by atoms with Crippen molar-refractivity contribution in [3.63, 3.8) is 0 Å². The van der Waals surface area contributed by atoms with Crippen molar-refractivity contribution in [1.29, 1.82) is 0 Å². The molecule has 0 saturated carbocycles. The number of hydrogen-bond donors (Lipinski definition) is 1. The van der Waals surface area contributed by atoms with Gasteiger partial charge in [-0.3, -0.25) is 4.79 Å². The van der Waals surface area contributed by atoms with Crippen molar-refractivity contribution in [2.75, 3.05) is 6.61 Å². The predicted octanol–water partition coefficient (Wildman–Crippen LogP) is 2.00. The number of carbonyl (C=O) groups is 1. The second kappa shape index (κ2) is 5.87. The van der Waals surface area contributed by atoms with E-state index in [1.807, 2.05) is 13.8 Å². The summed E-state index contributed by atoms with van der Waals surface area (Å²) in [5.41, 5.74) is 0. The van der Waals surface area contributed by atoms with E-state index in [0.29, 0.717) is 13.0 Å². The van der Waals surface area contributed by atoms with Gasteiger partial charge in [0.2, 0.25) is 6.41 Å². The molecule has 0 aromatic rings. The lowest BCUT2D eigenvalue weighted by Gasteiger charge is -2.37. The Hall–Kier alpha value is -0.473. The summed E-state index contributed by atoms with van der Waals surface area (Å²) in [7, 11) is -1.86. The fraction of sp³-hybridized carbons (Fsp3) is 0.933. The molecule has 0 spiro atoms. The van der Waals surface area contributed by atoms with Gasteiger partial charge >= 0.3 is 0 Å². The molecule has 2 heterocycles. The third kappa shape index (κ3) is 3.54. The first-order chi connectivity index (χ1) is 9.97. The van der Waals surface area contributed by atoms with Gasteiger partial charge in [-0.1, -0.05) is 20.8 Å². The lowest BCUT2D eigenvalue weighted by Crippen LogP contribution is -2.44. The van der Waals surface area contributed by atoms with Crippen LogP contribution in [0.5, 0.6) is 0 Å². The summed E-state index contributed by atoms with van der Waals surface area (Å²) in [4.78, 5) is 10.8. The van der Waals surface area contributed by atoms with Gasteiger partial charge in [-0.2, -0.15) is 0 Å². The number of rotatable bonds is 5. The van der Waals surface area contributed by atoms with E-state index >= 15 is 0 Å². The van der Waals surface area contributed by atoms with Crippen molar-refractivity contribution >= 4 is 14.7 Å². The maximum Gasteiger partial charge on any atom is 0.209 e. The van der Waals surface area contributed by atoms with E-state index in [1.165, 1.54) is 0 Å². The molecule has 2 aliphatic heterocycles. The number of ether oxygens (including phenoxy) is 3. The second-order valence-electron chi connectivity index (χ2n) is 8.02. The highest BCUT2D eigenvalue weighted by Crippen LogP contribution is 2.40. The predicted molar refractivity (Wildman–Crippen MR) is 84.8 cm³/mol. The Morgan fingerprint density at radius 3 is 2.36 bits per heavy atom. The monoisotopic (exact) mass is 331 g/mol. The molecule has 0 unspecified atom stereocenters. The summed E-state index contributed by atoms with van der Waals surface area (Å²) in [6.45, 7) is 15.2. The molecule has 7 heteroatoms. The molecular weight excluding hydrogens is 302 g/mol. The van der Waals surface area contributed by atoms with Crippen molar-refractivity contribution < 1.29 is 23.4 Å². The standard InChI is InChI=1S/C15H29NO5Si/c1-14(2,3)22(6,7)18-8-10-11-12(13(19-10)16-9-17)21-15(4,5)20-11/h9-13H,8H2,1-7H3,(H,16,17)/t10-,11-,12-,13-/m1/s1. The summed E-state index contributed by atoms with van der Waals surface area (Å²) < 4.78 is 23.9. The van der Waals surface area contributed by atoms with Gasteiger partial charge in [0.25, 0.3) is 0 Å². The van der Waals surface area contributed by atoms with Gasteiger partial charge < -0.3 is 24.0 Å². The van der Waals surface area contributed by atoms with Crippen molar-refractivity contribution in [3.8, 4) is 0 Å². The van der Waals surface area contributed by atoms with E-state index in [1.54, 1.807) is 0 Å². The molecule has 128 valence electrons. The van der Waals surface area contributed by atoms with E-state index in [4.69, 9.17) is 18.6 Å². The Balaban J connectivity index is 2.04. The molecule has 0 aliphatic carbocycles. The van der Waals surface area contributed by atoms with Crippen LogP contribution in [0.3, 0.4) is 0 Å². The summed E-state index contributed by atoms with van der Waals surface area (Å²) in [6.07, 6.45) is -0.617. The largest absolute Gasteiger partial charge is 0.414 e. The van der Waals surface area contributed by atoms with E-state index in [2.05, 4.69) is 39.2 Å².